The van der Waals surface area contributed by atoms with E-state index in [0.717, 1.165) is 12.8 Å². The lowest BCUT2D eigenvalue weighted by molar-refractivity contribution is -0.138. The molecule has 1 atom stereocenters. The molecule has 11 heavy (non-hydrogen) atoms. The molecular formula is C6H15FN2O2. The summed E-state index contributed by atoms with van der Waals surface area (Å²) in [6.07, 6.45) is 2.16. The second-order valence-corrected chi connectivity index (χ2v) is 2.23. The van der Waals surface area contributed by atoms with Crippen molar-refractivity contribution < 1.29 is 14.6 Å². The van der Waals surface area contributed by atoms with E-state index >= 15 is 0 Å². The van der Waals surface area contributed by atoms with Crippen LogP contribution in [0.2, 0.25) is 0 Å². The van der Waals surface area contributed by atoms with Crippen LogP contribution in [0.15, 0.2) is 0 Å². The zero-order valence-electron chi connectivity index (χ0n) is 6.32. The Morgan fingerprint density at radius 1 is 1.45 bits per heavy atom. The van der Waals surface area contributed by atoms with Gasteiger partial charge in [0.15, 0.2) is 0 Å². The van der Waals surface area contributed by atoms with Crippen LogP contribution < -0.4 is 11.5 Å². The number of nitrogens with two attached hydrogens (primary N) is 2. The van der Waals surface area contributed by atoms with E-state index in [4.69, 9.17) is 16.6 Å². The Balaban J connectivity index is 0. The summed E-state index contributed by atoms with van der Waals surface area (Å²) in [6.45, 7) is 0.604. The number of carboxylic acids is 1. The van der Waals surface area contributed by atoms with Gasteiger partial charge in [0.1, 0.15) is 6.04 Å². The van der Waals surface area contributed by atoms with Crippen molar-refractivity contribution in [2.24, 2.45) is 11.5 Å². The lowest BCUT2D eigenvalue weighted by Crippen LogP contribution is -2.29. The summed E-state index contributed by atoms with van der Waals surface area (Å²) in [5.74, 6) is -0.933. The fourth-order valence-corrected chi connectivity index (χ4v) is 0.632. The summed E-state index contributed by atoms with van der Waals surface area (Å²) in [5.41, 5.74) is 10.4. The van der Waals surface area contributed by atoms with Crippen molar-refractivity contribution in [1.29, 1.82) is 0 Å². The summed E-state index contributed by atoms with van der Waals surface area (Å²) in [5, 5.41) is 8.33. The fraction of sp³-hybridized carbons (Fsp3) is 0.833. The Bertz CT molecular complexity index is 111. The van der Waals surface area contributed by atoms with E-state index in [0.29, 0.717) is 13.0 Å². The minimum Gasteiger partial charge on any atom is -0.480 e. The molecule has 5 N–H and O–H groups in total. The molecule has 0 aromatic heterocycles. The van der Waals surface area contributed by atoms with E-state index in [2.05, 4.69) is 0 Å². The summed E-state index contributed by atoms with van der Waals surface area (Å²) in [7, 11) is 0. The van der Waals surface area contributed by atoms with E-state index in [9.17, 15) is 4.79 Å². The topological polar surface area (TPSA) is 89.3 Å². The SMILES string of the molecule is F.NCCCCC(N)C(=O)O. The molecule has 0 aliphatic heterocycles. The van der Waals surface area contributed by atoms with E-state index in [1.54, 1.807) is 0 Å². The van der Waals surface area contributed by atoms with Crippen molar-refractivity contribution in [2.45, 2.75) is 25.3 Å². The highest BCUT2D eigenvalue weighted by Gasteiger charge is 2.09. The molecule has 0 fully saturated rings. The molecule has 0 spiro atoms. The first-order valence-corrected chi connectivity index (χ1v) is 3.37. The molecule has 4 nitrogen and oxygen atoms in total. The van der Waals surface area contributed by atoms with Gasteiger partial charge in [0, 0.05) is 0 Å². The number of hydrogen-bond acceptors (Lipinski definition) is 3. The highest BCUT2D eigenvalue weighted by molar-refractivity contribution is 5.72. The van der Waals surface area contributed by atoms with Crippen LogP contribution in [0.3, 0.4) is 0 Å². The lowest BCUT2D eigenvalue weighted by Gasteiger charge is -2.03. The predicted molar refractivity (Wildman–Crippen MR) is 41.0 cm³/mol. The normalized spacial score (nSPS) is 11.8. The molecule has 0 aromatic rings. The van der Waals surface area contributed by atoms with E-state index in [1.807, 2.05) is 0 Å². The molecular weight excluding hydrogens is 151 g/mol. The Morgan fingerprint density at radius 3 is 2.36 bits per heavy atom. The van der Waals surface area contributed by atoms with Gasteiger partial charge in [0.25, 0.3) is 0 Å². The molecule has 68 valence electrons. The average molecular weight is 166 g/mol. The summed E-state index contributed by atoms with van der Waals surface area (Å²) >= 11 is 0. The van der Waals surface area contributed by atoms with Crippen molar-refractivity contribution in [2.75, 3.05) is 6.54 Å². The van der Waals surface area contributed by atoms with Crippen LogP contribution in [-0.4, -0.2) is 23.7 Å². The van der Waals surface area contributed by atoms with E-state index in [-0.39, 0.29) is 4.70 Å². The largest absolute Gasteiger partial charge is 0.480 e. The molecule has 0 bridgehead atoms. The van der Waals surface area contributed by atoms with Gasteiger partial charge in [0.05, 0.1) is 0 Å². The zero-order valence-corrected chi connectivity index (χ0v) is 6.32. The minimum atomic E-state index is -0.933. The van der Waals surface area contributed by atoms with Gasteiger partial charge in [-0.1, -0.05) is 6.42 Å². The smallest absolute Gasteiger partial charge is 0.320 e. The average Bonchev–Trinajstić information content (AvgIpc) is 1.88. The van der Waals surface area contributed by atoms with Crippen LogP contribution in [0.5, 0.6) is 0 Å². The second kappa shape index (κ2) is 7.43. The monoisotopic (exact) mass is 166 g/mol. The van der Waals surface area contributed by atoms with E-state index in [1.165, 1.54) is 0 Å². The number of carboxylic acid groups (broad SMARTS) is 1. The van der Waals surface area contributed by atoms with Crippen molar-refractivity contribution >= 4 is 5.97 Å². The molecule has 1 unspecified atom stereocenters. The van der Waals surface area contributed by atoms with Crippen molar-refractivity contribution in [3.8, 4) is 0 Å². The standard InChI is InChI=1S/C6H14N2O2.FH/c7-4-2-1-3-5(8)6(9)10;/h5H,1-4,7-8H2,(H,9,10);1H. The number of hydrogen-bond donors (Lipinski definition) is 3. The predicted octanol–water partition coefficient (Wildman–Crippen LogP) is -0.320. The third-order valence-corrected chi connectivity index (χ3v) is 1.29. The van der Waals surface area contributed by atoms with E-state index < -0.39 is 12.0 Å². The van der Waals surface area contributed by atoms with Gasteiger partial charge in [-0.2, -0.15) is 0 Å². The van der Waals surface area contributed by atoms with Gasteiger partial charge in [-0.3, -0.25) is 9.50 Å². The number of aliphatic carboxylic acids is 1. The van der Waals surface area contributed by atoms with Gasteiger partial charge >= 0.3 is 5.97 Å². The van der Waals surface area contributed by atoms with Gasteiger partial charge in [-0.25, -0.2) is 0 Å². The zero-order chi connectivity index (χ0) is 7.98. The molecule has 0 saturated heterocycles. The highest BCUT2D eigenvalue weighted by Crippen LogP contribution is 1.96. The van der Waals surface area contributed by atoms with Gasteiger partial charge in [0.2, 0.25) is 0 Å². The fourth-order valence-electron chi connectivity index (χ4n) is 0.632. The Morgan fingerprint density at radius 2 is 2.00 bits per heavy atom. The quantitative estimate of drug-likeness (QED) is 0.488. The molecule has 0 heterocycles. The number of carbonyl (C=O) groups is 1. The first-order chi connectivity index (χ1) is 4.68. The van der Waals surface area contributed by atoms with Crippen LogP contribution in [0, 0.1) is 0 Å². The highest BCUT2D eigenvalue weighted by atomic mass is 19.0. The van der Waals surface area contributed by atoms with Crippen molar-refractivity contribution in [3.63, 3.8) is 0 Å². The van der Waals surface area contributed by atoms with Crippen LogP contribution >= 0.6 is 0 Å². The maximum Gasteiger partial charge on any atom is 0.320 e. The maximum atomic E-state index is 10.1. The Kier molecular flexibility index (Phi) is 8.74. The number of unbranched alkanes of at least 4 members (excludes halogenated alkanes) is 1. The first kappa shape index (κ1) is 12.9. The van der Waals surface area contributed by atoms with Gasteiger partial charge in [-0.05, 0) is 19.4 Å². The maximum absolute atomic E-state index is 10.1. The Hall–Kier alpha value is -0.680. The first-order valence-electron chi connectivity index (χ1n) is 3.37. The minimum absolute atomic E-state index is 0. The third-order valence-electron chi connectivity index (χ3n) is 1.29. The van der Waals surface area contributed by atoms with Crippen molar-refractivity contribution in [1.82, 2.24) is 0 Å². The third kappa shape index (κ3) is 7.21. The van der Waals surface area contributed by atoms with Crippen LogP contribution in [0.1, 0.15) is 19.3 Å². The number of halogens is 1. The number of rotatable bonds is 5. The molecule has 5 heteroatoms. The van der Waals surface area contributed by atoms with Crippen LogP contribution in [-0.2, 0) is 4.79 Å². The second-order valence-electron chi connectivity index (χ2n) is 2.23. The van der Waals surface area contributed by atoms with Gasteiger partial charge < -0.3 is 16.6 Å². The summed E-state index contributed by atoms with van der Waals surface area (Å²) in [6, 6.07) is -0.716. The molecule has 0 aliphatic rings. The van der Waals surface area contributed by atoms with Crippen LogP contribution in [0.25, 0.3) is 0 Å². The lowest BCUT2D eigenvalue weighted by atomic mass is 10.1. The summed E-state index contributed by atoms with van der Waals surface area (Å²) in [4.78, 5) is 10.1. The molecule has 0 aliphatic carbocycles. The molecule has 0 amide bonds. The summed E-state index contributed by atoms with van der Waals surface area (Å²) < 4.78 is 0. The van der Waals surface area contributed by atoms with Crippen LogP contribution in [0.4, 0.5) is 4.70 Å². The Labute approximate surface area is 64.9 Å². The van der Waals surface area contributed by atoms with Crippen molar-refractivity contribution in [3.05, 3.63) is 0 Å². The molecule has 0 radical (unpaired) electrons. The molecule has 0 rings (SSSR count). The molecule has 0 saturated carbocycles. The van der Waals surface area contributed by atoms with Gasteiger partial charge in [-0.15, -0.1) is 0 Å². The molecule has 0 aromatic carbocycles.